The maximum atomic E-state index is 13.4. The van der Waals surface area contributed by atoms with E-state index < -0.39 is 17.9 Å². The third kappa shape index (κ3) is 5.65. The number of likely N-dealkylation sites (tertiary alicyclic amines) is 2. The van der Waals surface area contributed by atoms with Gasteiger partial charge >= 0.3 is 0 Å². The van der Waals surface area contributed by atoms with E-state index >= 15 is 0 Å². The van der Waals surface area contributed by atoms with E-state index in [0.29, 0.717) is 44.0 Å². The first kappa shape index (κ1) is 25.1. The van der Waals surface area contributed by atoms with Gasteiger partial charge in [0.1, 0.15) is 0 Å². The fraction of sp³-hybridized carbons (Fsp3) is 0.615. The van der Waals surface area contributed by atoms with Crippen molar-refractivity contribution in [1.29, 1.82) is 5.26 Å². The average Bonchev–Trinajstić information content (AvgIpc) is 3.43. The summed E-state index contributed by atoms with van der Waals surface area (Å²) in [7, 11) is 0. The Morgan fingerprint density at radius 1 is 1.14 bits per heavy atom. The maximum Gasteiger partial charge on any atom is 0.248 e. The Labute approximate surface area is 206 Å². The van der Waals surface area contributed by atoms with Gasteiger partial charge in [0.15, 0.2) is 0 Å². The zero-order chi connectivity index (χ0) is 24.9. The number of carbonyl (C=O) groups is 3. The summed E-state index contributed by atoms with van der Waals surface area (Å²) in [6.07, 6.45) is 4.42. The molecule has 0 saturated carbocycles. The molecule has 35 heavy (non-hydrogen) atoms. The predicted molar refractivity (Wildman–Crippen MR) is 128 cm³/mol. The number of nitrogens with one attached hydrogen (secondary N) is 2. The van der Waals surface area contributed by atoms with Gasteiger partial charge in [0.05, 0.1) is 23.6 Å². The fourth-order valence-electron chi connectivity index (χ4n) is 5.92. The second-order valence-corrected chi connectivity index (χ2v) is 10.1. The van der Waals surface area contributed by atoms with Gasteiger partial charge in [0.25, 0.3) is 0 Å². The normalized spacial score (nSPS) is 25.2. The van der Waals surface area contributed by atoms with Crippen LogP contribution in [0.3, 0.4) is 0 Å². The number of hydrogen-bond acceptors (Lipinski definition) is 6. The number of aryl methyl sites for hydroxylation is 1. The Kier molecular flexibility index (Phi) is 8.04. The minimum Gasteiger partial charge on any atom is -0.343 e. The van der Waals surface area contributed by atoms with Crippen LogP contribution < -0.4 is 10.8 Å². The van der Waals surface area contributed by atoms with E-state index in [0.717, 1.165) is 44.3 Å². The minimum absolute atomic E-state index is 0.0560. The molecule has 9 heteroatoms. The van der Waals surface area contributed by atoms with Crippen molar-refractivity contribution < 1.29 is 19.6 Å². The van der Waals surface area contributed by atoms with E-state index in [2.05, 4.69) is 11.4 Å². The molecule has 4 rings (SSSR count). The van der Waals surface area contributed by atoms with Crippen LogP contribution in [-0.4, -0.2) is 71.5 Å². The molecule has 3 aliphatic rings. The molecule has 9 nitrogen and oxygen atoms in total. The summed E-state index contributed by atoms with van der Waals surface area (Å²) in [5.41, 5.74) is 4.69. The second kappa shape index (κ2) is 11.2. The van der Waals surface area contributed by atoms with Gasteiger partial charge in [-0.3, -0.25) is 19.6 Å². The summed E-state index contributed by atoms with van der Waals surface area (Å²) < 4.78 is 0. The Hall–Kier alpha value is -2.96. The number of nitrogens with zero attached hydrogens (tertiary/aromatic N) is 3. The molecule has 0 aromatic heterocycles. The van der Waals surface area contributed by atoms with Gasteiger partial charge in [-0.05, 0) is 80.7 Å². The molecule has 0 aliphatic carbocycles. The standard InChI is InChI=1S/C26H35N5O4/c1-17-12-18(15-27)4-5-21(17)20-6-10-31(11-7-20)26(34)24-22(25(33)29-35)13-19(16-28-24)14-23(32)30-8-2-3-9-30/h4-5,12,19-20,22,24,28,35H,2-3,6-11,13-14,16H2,1H3,(H,29,33)/t19-,22-,24-/m0/s1. The molecule has 3 fully saturated rings. The lowest BCUT2D eigenvalue weighted by atomic mass is 9.81. The van der Waals surface area contributed by atoms with Crippen molar-refractivity contribution in [2.24, 2.45) is 11.8 Å². The first-order chi connectivity index (χ1) is 16.9. The van der Waals surface area contributed by atoms with E-state index in [9.17, 15) is 19.6 Å². The van der Waals surface area contributed by atoms with Gasteiger partial charge in [0, 0.05) is 32.6 Å². The molecule has 188 valence electrons. The molecule has 0 unspecified atom stereocenters. The number of hydrogen-bond donors (Lipinski definition) is 3. The van der Waals surface area contributed by atoms with Crippen LogP contribution >= 0.6 is 0 Å². The molecule has 0 spiro atoms. The van der Waals surface area contributed by atoms with Crippen molar-refractivity contribution in [3.8, 4) is 6.07 Å². The zero-order valence-corrected chi connectivity index (χ0v) is 20.3. The molecule has 3 heterocycles. The molecule has 3 atom stereocenters. The zero-order valence-electron chi connectivity index (χ0n) is 20.3. The lowest BCUT2D eigenvalue weighted by Crippen LogP contribution is -2.59. The minimum atomic E-state index is -0.726. The van der Waals surface area contributed by atoms with Crippen LogP contribution in [0.2, 0.25) is 0 Å². The first-order valence-corrected chi connectivity index (χ1v) is 12.7. The SMILES string of the molecule is Cc1cc(C#N)ccc1C1CCN(C(=O)[C@H]2NC[C@H](CC(=O)N3CCCC3)C[C@@H]2C(=O)NO)CC1. The van der Waals surface area contributed by atoms with Crippen LogP contribution in [-0.2, 0) is 14.4 Å². The number of carbonyl (C=O) groups excluding carboxylic acids is 3. The van der Waals surface area contributed by atoms with Crippen LogP contribution in [0.1, 0.15) is 61.1 Å². The molecule has 3 aliphatic heterocycles. The van der Waals surface area contributed by atoms with Gasteiger partial charge < -0.3 is 15.1 Å². The van der Waals surface area contributed by atoms with Crippen molar-refractivity contribution in [2.45, 2.75) is 57.4 Å². The van der Waals surface area contributed by atoms with Crippen LogP contribution in [0, 0.1) is 30.1 Å². The number of benzene rings is 1. The van der Waals surface area contributed by atoms with Crippen LogP contribution in [0.4, 0.5) is 0 Å². The Bertz CT molecular complexity index is 992. The van der Waals surface area contributed by atoms with Crippen LogP contribution in [0.5, 0.6) is 0 Å². The van der Waals surface area contributed by atoms with E-state index in [1.54, 1.807) is 10.4 Å². The van der Waals surface area contributed by atoms with E-state index in [1.165, 1.54) is 5.56 Å². The molecule has 3 saturated heterocycles. The van der Waals surface area contributed by atoms with Crippen molar-refractivity contribution in [3.05, 3.63) is 34.9 Å². The largest absolute Gasteiger partial charge is 0.343 e. The third-order valence-corrected chi connectivity index (χ3v) is 7.90. The van der Waals surface area contributed by atoms with Crippen molar-refractivity contribution >= 4 is 17.7 Å². The topological polar surface area (TPSA) is 126 Å². The Morgan fingerprint density at radius 2 is 1.86 bits per heavy atom. The van der Waals surface area contributed by atoms with Crippen molar-refractivity contribution in [1.82, 2.24) is 20.6 Å². The fourth-order valence-corrected chi connectivity index (χ4v) is 5.92. The molecule has 1 aromatic rings. The van der Waals surface area contributed by atoms with Gasteiger partial charge in [-0.2, -0.15) is 5.26 Å². The Balaban J connectivity index is 1.36. The first-order valence-electron chi connectivity index (χ1n) is 12.7. The summed E-state index contributed by atoms with van der Waals surface area (Å²) in [5.74, 6) is -1.07. The quantitative estimate of drug-likeness (QED) is 0.434. The smallest absolute Gasteiger partial charge is 0.248 e. The third-order valence-electron chi connectivity index (χ3n) is 7.90. The van der Waals surface area contributed by atoms with Gasteiger partial charge in [-0.1, -0.05) is 6.07 Å². The predicted octanol–water partition coefficient (Wildman–Crippen LogP) is 1.68. The highest BCUT2D eigenvalue weighted by Crippen LogP contribution is 2.32. The molecule has 1 aromatic carbocycles. The highest BCUT2D eigenvalue weighted by molar-refractivity contribution is 5.90. The van der Waals surface area contributed by atoms with E-state index in [-0.39, 0.29) is 17.7 Å². The van der Waals surface area contributed by atoms with Crippen LogP contribution in [0.25, 0.3) is 0 Å². The number of nitriles is 1. The summed E-state index contributed by atoms with van der Waals surface area (Å²) >= 11 is 0. The lowest BCUT2D eigenvalue weighted by molar-refractivity contribution is -0.145. The molecule has 0 radical (unpaired) electrons. The molecular formula is C26H35N5O4. The molecule has 3 N–H and O–H groups in total. The van der Waals surface area contributed by atoms with E-state index in [1.807, 2.05) is 30.0 Å². The summed E-state index contributed by atoms with van der Waals surface area (Å²) in [4.78, 5) is 42.2. The number of piperidine rings is 2. The molecule has 3 amide bonds. The number of rotatable bonds is 5. The second-order valence-electron chi connectivity index (χ2n) is 10.1. The van der Waals surface area contributed by atoms with Gasteiger partial charge in [0.2, 0.25) is 17.7 Å². The van der Waals surface area contributed by atoms with Crippen molar-refractivity contribution in [3.63, 3.8) is 0 Å². The summed E-state index contributed by atoms with van der Waals surface area (Å²) in [6, 6.07) is 7.22. The summed E-state index contributed by atoms with van der Waals surface area (Å²) in [6.45, 7) is 5.27. The number of amides is 3. The monoisotopic (exact) mass is 481 g/mol. The highest BCUT2D eigenvalue weighted by atomic mass is 16.5. The lowest BCUT2D eigenvalue weighted by Gasteiger charge is -2.40. The number of hydroxylamine groups is 1. The van der Waals surface area contributed by atoms with Crippen LogP contribution in [0.15, 0.2) is 18.2 Å². The van der Waals surface area contributed by atoms with Gasteiger partial charge in [-0.15, -0.1) is 0 Å². The molecular weight excluding hydrogens is 446 g/mol. The maximum absolute atomic E-state index is 13.4. The molecule has 0 bridgehead atoms. The summed E-state index contributed by atoms with van der Waals surface area (Å²) in [5, 5.41) is 21.6. The van der Waals surface area contributed by atoms with Gasteiger partial charge in [-0.25, -0.2) is 5.48 Å². The van der Waals surface area contributed by atoms with E-state index in [4.69, 9.17) is 5.26 Å². The Morgan fingerprint density at radius 3 is 2.49 bits per heavy atom. The highest BCUT2D eigenvalue weighted by Gasteiger charge is 2.42. The van der Waals surface area contributed by atoms with Crippen molar-refractivity contribution in [2.75, 3.05) is 32.7 Å². The average molecular weight is 482 g/mol.